The topological polar surface area (TPSA) is 119 Å². The lowest BCUT2D eigenvalue weighted by atomic mass is 10.2. The van der Waals surface area contributed by atoms with Crippen LogP contribution in [-0.4, -0.2) is 44.9 Å². The molecule has 1 heterocycles. The minimum atomic E-state index is -0.482. The van der Waals surface area contributed by atoms with Crippen LogP contribution in [0.25, 0.3) is 0 Å². The molecule has 1 aromatic rings. The highest BCUT2D eigenvalue weighted by Crippen LogP contribution is 2.27. The molecule has 24 heavy (non-hydrogen) atoms. The van der Waals surface area contributed by atoms with Crippen LogP contribution in [0.15, 0.2) is 16.8 Å². The maximum absolute atomic E-state index is 11.7. The van der Waals surface area contributed by atoms with Gasteiger partial charge < -0.3 is 20.5 Å². The molecule has 0 aromatic carbocycles. The summed E-state index contributed by atoms with van der Waals surface area (Å²) in [6, 6.07) is 0. The van der Waals surface area contributed by atoms with Gasteiger partial charge in [-0.2, -0.15) is 0 Å². The fraction of sp³-hybridized carbons (Fsp3) is 0.467. The van der Waals surface area contributed by atoms with E-state index in [0.717, 1.165) is 11.8 Å². The van der Waals surface area contributed by atoms with E-state index in [0.29, 0.717) is 34.2 Å². The average molecular weight is 354 g/mol. The van der Waals surface area contributed by atoms with Crippen molar-refractivity contribution in [2.45, 2.75) is 33.7 Å². The molecule has 1 amide bonds. The van der Waals surface area contributed by atoms with Crippen LogP contribution in [0.4, 0.5) is 10.6 Å². The number of carbonyl (C=O) groups excluding carboxylic acids is 2. The zero-order valence-corrected chi connectivity index (χ0v) is 14.8. The molecule has 132 valence electrons. The number of aliphatic hydroxyl groups excluding tert-OH is 1. The summed E-state index contributed by atoms with van der Waals surface area (Å²) < 4.78 is 4.89. The molecule has 1 aromatic heterocycles. The van der Waals surface area contributed by atoms with Crippen LogP contribution in [0.5, 0.6) is 0 Å². The lowest BCUT2D eigenvalue weighted by molar-refractivity contribution is -0.116. The van der Waals surface area contributed by atoms with Gasteiger partial charge in [0.1, 0.15) is 11.6 Å². The standard InChI is InChI=1S/C15H22N4O4S/c1-4-23-15(22)24-13(5-6-20)10(2)19(9-21)8-12-7-17-11(3)18-14(12)16/h7,9,20H,4-6,8H2,1-3H3,(H2,16,17,18). The summed E-state index contributed by atoms with van der Waals surface area (Å²) >= 11 is 0.858. The van der Waals surface area contributed by atoms with Gasteiger partial charge in [-0.1, -0.05) is 0 Å². The molecule has 1 rings (SSSR count). The summed E-state index contributed by atoms with van der Waals surface area (Å²) in [5.74, 6) is 0.837. The van der Waals surface area contributed by atoms with Crippen LogP contribution in [-0.2, 0) is 16.1 Å². The Bertz CT molecular complexity index is 621. The quantitative estimate of drug-likeness (QED) is 0.536. The predicted molar refractivity (Wildman–Crippen MR) is 91.8 cm³/mol. The number of aliphatic hydroxyl groups is 1. The summed E-state index contributed by atoms with van der Waals surface area (Å²) in [7, 11) is 0. The van der Waals surface area contributed by atoms with E-state index in [9.17, 15) is 14.7 Å². The Balaban J connectivity index is 3.03. The Morgan fingerprint density at radius 2 is 2.25 bits per heavy atom. The molecule has 0 saturated heterocycles. The van der Waals surface area contributed by atoms with Gasteiger partial charge in [0.2, 0.25) is 6.41 Å². The van der Waals surface area contributed by atoms with Crippen molar-refractivity contribution in [3.8, 4) is 0 Å². The predicted octanol–water partition coefficient (Wildman–Crippen LogP) is 1.83. The van der Waals surface area contributed by atoms with Gasteiger partial charge in [0.25, 0.3) is 0 Å². The van der Waals surface area contributed by atoms with Gasteiger partial charge in [-0.15, -0.1) is 0 Å². The lowest BCUT2D eigenvalue weighted by Gasteiger charge is -2.21. The highest BCUT2D eigenvalue weighted by molar-refractivity contribution is 8.16. The Morgan fingerprint density at radius 3 is 2.79 bits per heavy atom. The largest absolute Gasteiger partial charge is 0.458 e. The van der Waals surface area contributed by atoms with E-state index in [-0.39, 0.29) is 26.2 Å². The minimum absolute atomic E-state index is 0.151. The number of hydrogen-bond donors (Lipinski definition) is 2. The first kappa shape index (κ1) is 19.9. The molecule has 0 aliphatic carbocycles. The fourth-order valence-corrected chi connectivity index (χ4v) is 2.70. The third kappa shape index (κ3) is 5.82. The van der Waals surface area contributed by atoms with Gasteiger partial charge >= 0.3 is 5.30 Å². The first-order chi connectivity index (χ1) is 11.4. The summed E-state index contributed by atoms with van der Waals surface area (Å²) in [6.07, 6.45) is 2.43. The van der Waals surface area contributed by atoms with Gasteiger partial charge in [-0.25, -0.2) is 14.8 Å². The number of ether oxygens (including phenoxy) is 1. The number of nitrogens with two attached hydrogens (primary N) is 1. The number of aryl methyl sites for hydroxylation is 1. The van der Waals surface area contributed by atoms with Crippen molar-refractivity contribution in [3.63, 3.8) is 0 Å². The highest BCUT2D eigenvalue weighted by Gasteiger charge is 2.17. The molecule has 0 bridgehead atoms. The number of allylic oxidation sites excluding steroid dienone is 1. The van der Waals surface area contributed by atoms with E-state index in [1.54, 1.807) is 27.0 Å². The van der Waals surface area contributed by atoms with Crippen molar-refractivity contribution in [1.82, 2.24) is 14.9 Å². The van der Waals surface area contributed by atoms with Crippen molar-refractivity contribution < 1.29 is 19.4 Å². The van der Waals surface area contributed by atoms with Crippen molar-refractivity contribution in [1.29, 1.82) is 0 Å². The molecule has 9 heteroatoms. The van der Waals surface area contributed by atoms with Crippen LogP contribution in [0.2, 0.25) is 0 Å². The molecule has 0 aliphatic rings. The maximum atomic E-state index is 11.7. The van der Waals surface area contributed by atoms with Crippen LogP contribution in [0, 0.1) is 6.92 Å². The van der Waals surface area contributed by atoms with Crippen LogP contribution < -0.4 is 5.73 Å². The first-order valence-electron chi connectivity index (χ1n) is 7.38. The normalized spacial score (nSPS) is 11.7. The van der Waals surface area contributed by atoms with Crippen molar-refractivity contribution in [2.75, 3.05) is 18.9 Å². The number of nitrogens with zero attached hydrogens (tertiary/aromatic N) is 3. The highest BCUT2D eigenvalue weighted by atomic mass is 32.2. The lowest BCUT2D eigenvalue weighted by Crippen LogP contribution is -2.22. The van der Waals surface area contributed by atoms with Crippen LogP contribution in [0.1, 0.15) is 31.7 Å². The number of hydrogen-bond acceptors (Lipinski definition) is 8. The third-order valence-electron chi connectivity index (χ3n) is 3.13. The SMILES string of the molecule is CCOC(=O)SC(CCO)=C(C)N(C=O)Cc1cnc(C)nc1N. The van der Waals surface area contributed by atoms with Gasteiger partial charge in [-0.05, 0) is 32.5 Å². The summed E-state index contributed by atoms with van der Waals surface area (Å²) in [5.41, 5.74) is 6.98. The number of rotatable bonds is 8. The van der Waals surface area contributed by atoms with Gasteiger partial charge in [0, 0.05) is 35.4 Å². The molecule has 8 nitrogen and oxygen atoms in total. The number of thioether (sulfide) groups is 1. The van der Waals surface area contributed by atoms with Crippen molar-refractivity contribution in [3.05, 3.63) is 28.2 Å². The average Bonchev–Trinajstić information content (AvgIpc) is 2.53. The maximum Gasteiger partial charge on any atom is 0.371 e. The molecule has 0 aliphatic heterocycles. The smallest absolute Gasteiger partial charge is 0.371 e. The molecule has 0 spiro atoms. The van der Waals surface area contributed by atoms with Gasteiger partial charge in [0.05, 0.1) is 13.2 Å². The fourth-order valence-electron chi connectivity index (χ4n) is 1.87. The van der Waals surface area contributed by atoms with E-state index >= 15 is 0 Å². The number of aromatic nitrogens is 2. The molecule has 0 atom stereocenters. The molecule has 0 fully saturated rings. The molecular weight excluding hydrogens is 332 g/mol. The molecule has 0 saturated carbocycles. The third-order valence-corrected chi connectivity index (χ3v) is 4.16. The van der Waals surface area contributed by atoms with Crippen molar-refractivity contribution >= 4 is 29.3 Å². The number of nitrogen functional groups attached to an aromatic ring is 1. The zero-order chi connectivity index (χ0) is 18.1. The van der Waals surface area contributed by atoms with E-state index < -0.39 is 5.30 Å². The monoisotopic (exact) mass is 354 g/mol. The number of anilines is 1. The molecule has 0 unspecified atom stereocenters. The van der Waals surface area contributed by atoms with Crippen LogP contribution in [0.3, 0.4) is 0 Å². The summed E-state index contributed by atoms with van der Waals surface area (Å²) in [5, 5.41) is 8.72. The molecular formula is C15H22N4O4S. The minimum Gasteiger partial charge on any atom is -0.458 e. The second-order valence-electron chi connectivity index (χ2n) is 4.83. The van der Waals surface area contributed by atoms with E-state index in [4.69, 9.17) is 10.5 Å². The summed E-state index contributed by atoms with van der Waals surface area (Å²) in [6.45, 7) is 5.39. The molecule has 3 N–H and O–H groups in total. The Morgan fingerprint density at radius 1 is 1.54 bits per heavy atom. The molecule has 0 radical (unpaired) electrons. The van der Waals surface area contributed by atoms with E-state index in [1.807, 2.05) is 0 Å². The second-order valence-corrected chi connectivity index (χ2v) is 5.86. The zero-order valence-electron chi connectivity index (χ0n) is 14.0. The second kappa shape index (κ2) is 9.89. The summed E-state index contributed by atoms with van der Waals surface area (Å²) in [4.78, 5) is 33.2. The van der Waals surface area contributed by atoms with Gasteiger partial charge in [-0.3, -0.25) is 4.79 Å². The van der Waals surface area contributed by atoms with E-state index in [1.165, 1.54) is 4.90 Å². The van der Waals surface area contributed by atoms with Crippen LogP contribution >= 0.6 is 11.8 Å². The number of carbonyl (C=O) groups is 2. The number of amides is 1. The Hall–Kier alpha value is -2.13. The van der Waals surface area contributed by atoms with E-state index in [2.05, 4.69) is 9.97 Å². The Kier molecular flexibility index (Phi) is 8.20. The first-order valence-corrected chi connectivity index (χ1v) is 8.19. The Labute approximate surface area is 145 Å². The van der Waals surface area contributed by atoms with Crippen molar-refractivity contribution in [2.24, 2.45) is 0 Å². The van der Waals surface area contributed by atoms with Gasteiger partial charge in [0.15, 0.2) is 0 Å².